The fourth-order valence-electron chi connectivity index (χ4n) is 3.45. The number of likely N-dealkylation sites (N-methyl/N-ethyl adjacent to an activating group) is 1. The van der Waals surface area contributed by atoms with Crippen molar-refractivity contribution in [3.63, 3.8) is 0 Å². The molecular weight excluding hydrogens is 346 g/mol. The highest BCUT2D eigenvalue weighted by atomic mass is 16.4. The van der Waals surface area contributed by atoms with Crippen LogP contribution in [0.15, 0.2) is 24.8 Å². The fourth-order valence-corrected chi connectivity index (χ4v) is 3.45. The standard InChI is InChI=1S/C18H23N7O2/c1-23-7-9-24(10-8-23)6-2-4-20-17-16-15(18(26)27)21-12-25(16)14-11-19-5-3-13(14)22-17/h3,5,11-12H,2,4,6-10H2,1H3,(H,20,22)(H,26,27). The molecule has 142 valence electrons. The van der Waals surface area contributed by atoms with E-state index in [0.29, 0.717) is 11.3 Å². The van der Waals surface area contributed by atoms with E-state index in [1.165, 1.54) is 6.33 Å². The molecule has 2 N–H and O–H groups in total. The lowest BCUT2D eigenvalue weighted by Gasteiger charge is -2.32. The van der Waals surface area contributed by atoms with Gasteiger partial charge in [-0.25, -0.2) is 14.8 Å². The highest BCUT2D eigenvalue weighted by molar-refractivity contribution is 5.99. The fraction of sp³-hybridized carbons (Fsp3) is 0.444. The van der Waals surface area contributed by atoms with E-state index in [-0.39, 0.29) is 5.69 Å². The van der Waals surface area contributed by atoms with Crippen molar-refractivity contribution in [2.45, 2.75) is 6.42 Å². The summed E-state index contributed by atoms with van der Waals surface area (Å²) in [4.78, 5) is 29.2. The zero-order valence-electron chi connectivity index (χ0n) is 15.3. The number of hydrogen-bond donors (Lipinski definition) is 2. The highest BCUT2D eigenvalue weighted by Gasteiger charge is 2.19. The van der Waals surface area contributed by atoms with Crippen LogP contribution in [0.2, 0.25) is 0 Å². The van der Waals surface area contributed by atoms with Crippen LogP contribution in [0.1, 0.15) is 16.9 Å². The second-order valence-electron chi connectivity index (χ2n) is 6.87. The molecule has 0 atom stereocenters. The first-order chi connectivity index (χ1) is 13.1. The number of pyridine rings is 1. The predicted molar refractivity (Wildman–Crippen MR) is 102 cm³/mol. The zero-order chi connectivity index (χ0) is 18.8. The van der Waals surface area contributed by atoms with Gasteiger partial charge in [0.15, 0.2) is 11.5 Å². The van der Waals surface area contributed by atoms with Crippen LogP contribution >= 0.6 is 0 Å². The minimum Gasteiger partial charge on any atom is -0.476 e. The van der Waals surface area contributed by atoms with Gasteiger partial charge in [0.1, 0.15) is 11.8 Å². The summed E-state index contributed by atoms with van der Waals surface area (Å²) in [6.45, 7) is 6.12. The summed E-state index contributed by atoms with van der Waals surface area (Å²) in [7, 11) is 2.15. The maximum atomic E-state index is 11.6. The Kier molecular flexibility index (Phi) is 4.87. The monoisotopic (exact) mass is 369 g/mol. The Labute approximate surface area is 156 Å². The van der Waals surface area contributed by atoms with Crippen LogP contribution in [0, 0.1) is 0 Å². The van der Waals surface area contributed by atoms with Gasteiger partial charge < -0.3 is 20.2 Å². The highest BCUT2D eigenvalue weighted by Crippen LogP contribution is 2.24. The Balaban J connectivity index is 1.53. The largest absolute Gasteiger partial charge is 0.476 e. The molecule has 0 saturated carbocycles. The average Bonchev–Trinajstić information content (AvgIpc) is 3.12. The second kappa shape index (κ2) is 7.45. The lowest BCUT2D eigenvalue weighted by Crippen LogP contribution is -2.44. The second-order valence-corrected chi connectivity index (χ2v) is 6.87. The Morgan fingerprint density at radius 2 is 2.11 bits per heavy atom. The zero-order valence-corrected chi connectivity index (χ0v) is 15.3. The number of aromatic nitrogens is 4. The van der Waals surface area contributed by atoms with E-state index in [1.807, 2.05) is 6.07 Å². The van der Waals surface area contributed by atoms with E-state index >= 15 is 0 Å². The molecule has 0 amide bonds. The number of carboxylic acid groups (broad SMARTS) is 1. The van der Waals surface area contributed by atoms with Crippen molar-refractivity contribution < 1.29 is 9.90 Å². The van der Waals surface area contributed by atoms with Gasteiger partial charge in [-0.15, -0.1) is 0 Å². The molecule has 27 heavy (non-hydrogen) atoms. The van der Waals surface area contributed by atoms with Crippen LogP contribution in [0.25, 0.3) is 16.6 Å². The van der Waals surface area contributed by atoms with Gasteiger partial charge in [-0.2, -0.15) is 0 Å². The van der Waals surface area contributed by atoms with Gasteiger partial charge in [0.05, 0.1) is 17.2 Å². The third-order valence-corrected chi connectivity index (χ3v) is 5.00. The third-order valence-electron chi connectivity index (χ3n) is 5.00. The number of aromatic carboxylic acids is 1. The first kappa shape index (κ1) is 17.6. The van der Waals surface area contributed by atoms with Crippen LogP contribution in [0.4, 0.5) is 5.82 Å². The molecule has 3 aromatic rings. The lowest BCUT2D eigenvalue weighted by atomic mass is 10.3. The summed E-state index contributed by atoms with van der Waals surface area (Å²) >= 11 is 0. The number of nitrogens with zero attached hydrogens (tertiary/aromatic N) is 6. The van der Waals surface area contributed by atoms with Crippen molar-refractivity contribution in [1.82, 2.24) is 29.2 Å². The topological polar surface area (TPSA) is 98.9 Å². The van der Waals surface area contributed by atoms with E-state index in [1.54, 1.807) is 16.8 Å². The molecule has 9 nitrogen and oxygen atoms in total. The van der Waals surface area contributed by atoms with Crippen LogP contribution < -0.4 is 5.32 Å². The first-order valence-corrected chi connectivity index (χ1v) is 9.12. The molecule has 1 saturated heterocycles. The van der Waals surface area contributed by atoms with Crippen molar-refractivity contribution in [2.24, 2.45) is 0 Å². The molecule has 0 radical (unpaired) electrons. The van der Waals surface area contributed by atoms with Crippen LogP contribution in [0.5, 0.6) is 0 Å². The summed E-state index contributed by atoms with van der Waals surface area (Å²) in [6, 6.07) is 1.81. The maximum absolute atomic E-state index is 11.6. The van der Waals surface area contributed by atoms with Crippen LogP contribution in [-0.2, 0) is 0 Å². The summed E-state index contributed by atoms with van der Waals surface area (Å²) in [5.41, 5.74) is 1.95. The van der Waals surface area contributed by atoms with Gasteiger partial charge in [-0.05, 0) is 26.1 Å². The number of anilines is 1. The van der Waals surface area contributed by atoms with Crippen molar-refractivity contribution in [2.75, 3.05) is 51.6 Å². The van der Waals surface area contributed by atoms with E-state index in [4.69, 9.17) is 0 Å². The summed E-state index contributed by atoms with van der Waals surface area (Å²) in [5, 5.41) is 12.8. The summed E-state index contributed by atoms with van der Waals surface area (Å²) in [6.07, 6.45) is 5.82. The van der Waals surface area contributed by atoms with Gasteiger partial charge in [0, 0.05) is 38.9 Å². The van der Waals surface area contributed by atoms with Crippen LogP contribution in [0.3, 0.4) is 0 Å². The van der Waals surface area contributed by atoms with E-state index in [0.717, 1.165) is 56.7 Å². The number of piperazine rings is 1. The van der Waals surface area contributed by atoms with E-state index in [2.05, 4.69) is 37.1 Å². The molecule has 0 aromatic carbocycles. The Morgan fingerprint density at radius 1 is 1.30 bits per heavy atom. The minimum absolute atomic E-state index is 0.00480. The van der Waals surface area contributed by atoms with Gasteiger partial charge in [-0.3, -0.25) is 9.38 Å². The normalized spacial score (nSPS) is 16.2. The number of hydrogen-bond acceptors (Lipinski definition) is 7. The number of fused-ring (bicyclic) bond motifs is 3. The van der Waals surface area contributed by atoms with Crippen molar-refractivity contribution >= 4 is 28.3 Å². The molecular formula is C18H23N7O2. The third kappa shape index (κ3) is 3.56. The summed E-state index contributed by atoms with van der Waals surface area (Å²) < 4.78 is 1.74. The van der Waals surface area contributed by atoms with Crippen LogP contribution in [-0.4, -0.2) is 86.5 Å². The quantitative estimate of drug-likeness (QED) is 0.622. The van der Waals surface area contributed by atoms with Gasteiger partial charge in [-0.1, -0.05) is 0 Å². The van der Waals surface area contributed by atoms with Gasteiger partial charge >= 0.3 is 5.97 Å². The number of imidazole rings is 1. The summed E-state index contributed by atoms with van der Waals surface area (Å²) in [5.74, 6) is -0.523. The minimum atomic E-state index is -1.07. The molecule has 0 bridgehead atoms. The molecule has 1 aliphatic heterocycles. The molecule has 9 heteroatoms. The van der Waals surface area contributed by atoms with Crippen molar-refractivity contribution in [3.8, 4) is 0 Å². The van der Waals surface area contributed by atoms with Gasteiger partial charge in [0.25, 0.3) is 0 Å². The molecule has 0 unspecified atom stereocenters. The molecule has 0 spiro atoms. The number of nitrogens with one attached hydrogen (secondary N) is 1. The van der Waals surface area contributed by atoms with E-state index in [9.17, 15) is 9.90 Å². The molecule has 1 aliphatic rings. The maximum Gasteiger partial charge on any atom is 0.356 e. The number of rotatable bonds is 6. The molecule has 0 aliphatic carbocycles. The smallest absolute Gasteiger partial charge is 0.356 e. The van der Waals surface area contributed by atoms with Crippen molar-refractivity contribution in [3.05, 3.63) is 30.5 Å². The Morgan fingerprint density at radius 3 is 2.89 bits per heavy atom. The predicted octanol–water partition coefficient (Wildman–Crippen LogP) is 1.03. The van der Waals surface area contributed by atoms with Gasteiger partial charge in [0.2, 0.25) is 0 Å². The number of carbonyl (C=O) groups is 1. The number of carboxylic acids is 1. The molecule has 4 rings (SSSR count). The Hall–Kier alpha value is -2.78. The molecule has 3 aromatic heterocycles. The lowest BCUT2D eigenvalue weighted by molar-refractivity contribution is 0.0693. The van der Waals surface area contributed by atoms with E-state index < -0.39 is 5.97 Å². The SMILES string of the molecule is CN1CCN(CCCNc2nc3ccncc3n3cnc(C(=O)O)c23)CC1. The molecule has 1 fully saturated rings. The first-order valence-electron chi connectivity index (χ1n) is 9.12. The van der Waals surface area contributed by atoms with Crippen molar-refractivity contribution in [1.29, 1.82) is 0 Å². The average molecular weight is 369 g/mol. The Bertz CT molecular complexity index is 963. The molecule has 4 heterocycles.